The van der Waals surface area contributed by atoms with Gasteiger partial charge >= 0.3 is 0 Å². The van der Waals surface area contributed by atoms with Crippen LogP contribution in [0.4, 0.5) is 0 Å². The first-order chi connectivity index (χ1) is 10.7. The summed E-state index contributed by atoms with van der Waals surface area (Å²) >= 11 is 8.10. The molecule has 3 rings (SSSR count). The maximum atomic E-state index is 6.37. The van der Waals surface area contributed by atoms with Crippen molar-refractivity contribution in [2.45, 2.75) is 53.0 Å². The van der Waals surface area contributed by atoms with Gasteiger partial charge < -0.3 is 4.57 Å². The summed E-state index contributed by atoms with van der Waals surface area (Å²) in [4.78, 5) is 10.8. The molecule has 5 heteroatoms. The topological polar surface area (TPSA) is 30.7 Å². The average Bonchev–Trinajstić information content (AvgIpc) is 2.97. The Morgan fingerprint density at radius 1 is 1.17 bits per heavy atom. The molecule has 3 aromatic rings. The molecule has 2 heterocycles. The van der Waals surface area contributed by atoms with Crippen molar-refractivity contribution in [2.24, 2.45) is 0 Å². The Morgan fingerprint density at radius 2 is 1.87 bits per heavy atom. The van der Waals surface area contributed by atoms with E-state index in [1.165, 1.54) is 4.88 Å². The molecular weight excluding hydrogens is 326 g/mol. The summed E-state index contributed by atoms with van der Waals surface area (Å²) in [5, 5.41) is 1.55. The van der Waals surface area contributed by atoms with E-state index in [0.29, 0.717) is 5.28 Å². The first-order valence-electron chi connectivity index (χ1n) is 7.85. The van der Waals surface area contributed by atoms with Crippen molar-refractivity contribution in [1.29, 1.82) is 0 Å². The molecule has 0 bridgehead atoms. The molecule has 1 aromatic carbocycles. The molecule has 0 N–H and O–H groups in total. The maximum Gasteiger partial charge on any atom is 0.204 e. The van der Waals surface area contributed by atoms with Crippen molar-refractivity contribution in [1.82, 2.24) is 14.5 Å². The maximum absolute atomic E-state index is 6.37. The molecular formula is C18H22ClN3S. The molecule has 0 atom stereocenters. The Hall–Kier alpha value is -1.39. The molecule has 0 radical (unpaired) electrons. The summed E-state index contributed by atoms with van der Waals surface area (Å²) in [6.45, 7) is 13.0. The van der Waals surface area contributed by atoms with Gasteiger partial charge in [-0.15, -0.1) is 11.3 Å². The van der Waals surface area contributed by atoms with Crippen LogP contribution in [-0.2, 0) is 5.41 Å². The fourth-order valence-corrected chi connectivity index (χ4v) is 4.48. The van der Waals surface area contributed by atoms with Crippen molar-refractivity contribution in [3.05, 3.63) is 34.1 Å². The van der Waals surface area contributed by atoms with Crippen LogP contribution < -0.4 is 0 Å². The molecule has 2 aromatic heterocycles. The molecule has 0 spiro atoms. The Bertz CT molecular complexity index is 868. The SMILES string of the molecule is Cc1sc(-c2cccc3c2nc(Cl)n3C(C)C)nc1C(C)(C)C. The minimum atomic E-state index is 0.0433. The third-order valence-corrected chi connectivity index (χ3v) is 5.20. The summed E-state index contributed by atoms with van der Waals surface area (Å²) in [5.74, 6) is 0. The number of hydrogen-bond acceptors (Lipinski definition) is 3. The zero-order chi connectivity index (χ0) is 16.9. The van der Waals surface area contributed by atoms with Crippen LogP contribution in [0, 0.1) is 6.92 Å². The van der Waals surface area contributed by atoms with Gasteiger partial charge in [0.05, 0.1) is 11.2 Å². The standard InChI is InChI=1S/C18H22ClN3S/c1-10(2)22-13-9-7-8-12(14(13)20-17(22)19)16-21-15(11(3)23-16)18(4,5)6/h7-10H,1-6H3. The first kappa shape index (κ1) is 16.5. The second kappa shape index (κ2) is 5.60. The Labute approximate surface area is 146 Å². The molecule has 0 fully saturated rings. The number of aromatic nitrogens is 3. The average molecular weight is 348 g/mol. The van der Waals surface area contributed by atoms with Gasteiger partial charge in [-0.25, -0.2) is 9.97 Å². The van der Waals surface area contributed by atoms with E-state index >= 15 is 0 Å². The minimum absolute atomic E-state index is 0.0433. The van der Waals surface area contributed by atoms with Crippen LogP contribution in [0.3, 0.4) is 0 Å². The summed E-state index contributed by atoms with van der Waals surface area (Å²) in [7, 11) is 0. The van der Waals surface area contributed by atoms with Crippen LogP contribution in [0.25, 0.3) is 21.6 Å². The minimum Gasteiger partial charge on any atom is -0.312 e. The number of para-hydroxylation sites is 1. The summed E-state index contributed by atoms with van der Waals surface area (Å²) < 4.78 is 2.06. The molecule has 0 aliphatic carbocycles. The lowest BCUT2D eigenvalue weighted by molar-refractivity contribution is 0.570. The Balaban J connectivity index is 2.24. The van der Waals surface area contributed by atoms with Crippen molar-refractivity contribution in [3.63, 3.8) is 0 Å². The summed E-state index contributed by atoms with van der Waals surface area (Å²) in [6.07, 6.45) is 0. The van der Waals surface area contributed by atoms with Gasteiger partial charge in [-0.2, -0.15) is 0 Å². The van der Waals surface area contributed by atoms with Crippen LogP contribution in [0.1, 0.15) is 51.2 Å². The summed E-state index contributed by atoms with van der Waals surface area (Å²) in [6, 6.07) is 6.48. The van der Waals surface area contributed by atoms with E-state index in [0.717, 1.165) is 27.3 Å². The Kier molecular flexibility index (Phi) is 4.01. The number of hydrogen-bond donors (Lipinski definition) is 0. The van der Waals surface area contributed by atoms with Crippen LogP contribution in [0.5, 0.6) is 0 Å². The molecule has 0 unspecified atom stereocenters. The predicted octanol–water partition coefficient (Wildman–Crippen LogP) is 6.00. The van der Waals surface area contributed by atoms with Crippen LogP contribution >= 0.6 is 22.9 Å². The van der Waals surface area contributed by atoms with Crippen LogP contribution in [0.15, 0.2) is 18.2 Å². The van der Waals surface area contributed by atoms with E-state index in [9.17, 15) is 0 Å². The number of nitrogens with zero attached hydrogens (tertiary/aromatic N) is 3. The monoisotopic (exact) mass is 347 g/mol. The highest BCUT2D eigenvalue weighted by Crippen LogP contribution is 2.37. The van der Waals surface area contributed by atoms with E-state index < -0.39 is 0 Å². The third kappa shape index (κ3) is 2.79. The van der Waals surface area contributed by atoms with Gasteiger partial charge in [-0.3, -0.25) is 0 Å². The smallest absolute Gasteiger partial charge is 0.204 e. The van der Waals surface area contributed by atoms with Gasteiger partial charge in [-0.1, -0.05) is 26.8 Å². The normalized spacial score (nSPS) is 12.5. The zero-order valence-corrected chi connectivity index (χ0v) is 16.0. The Morgan fingerprint density at radius 3 is 2.43 bits per heavy atom. The first-order valence-corrected chi connectivity index (χ1v) is 9.04. The lowest BCUT2D eigenvalue weighted by Gasteiger charge is -2.16. The fourth-order valence-electron chi connectivity index (χ4n) is 2.96. The number of thiazole rings is 1. The van der Waals surface area contributed by atoms with E-state index in [1.807, 2.05) is 0 Å². The van der Waals surface area contributed by atoms with E-state index in [4.69, 9.17) is 16.6 Å². The number of rotatable bonds is 2. The largest absolute Gasteiger partial charge is 0.312 e. The number of aryl methyl sites for hydroxylation is 1. The quantitative estimate of drug-likeness (QED) is 0.569. The summed E-state index contributed by atoms with van der Waals surface area (Å²) in [5.41, 5.74) is 4.26. The molecule has 0 saturated carbocycles. The van der Waals surface area contributed by atoms with Gasteiger partial charge in [0.1, 0.15) is 10.5 Å². The fraction of sp³-hybridized carbons (Fsp3) is 0.444. The number of halogens is 1. The van der Waals surface area contributed by atoms with E-state index in [2.05, 4.69) is 69.3 Å². The molecule has 0 aliphatic rings. The van der Waals surface area contributed by atoms with Crippen LogP contribution in [-0.4, -0.2) is 14.5 Å². The lowest BCUT2D eigenvalue weighted by atomic mass is 9.91. The lowest BCUT2D eigenvalue weighted by Crippen LogP contribution is -2.12. The number of fused-ring (bicyclic) bond motifs is 1. The van der Waals surface area contributed by atoms with Gasteiger partial charge in [0.15, 0.2) is 0 Å². The van der Waals surface area contributed by atoms with Gasteiger partial charge in [-0.05, 0) is 44.5 Å². The molecule has 0 aliphatic heterocycles. The van der Waals surface area contributed by atoms with Gasteiger partial charge in [0, 0.05) is 21.9 Å². The van der Waals surface area contributed by atoms with E-state index in [1.54, 1.807) is 11.3 Å². The third-order valence-electron chi connectivity index (χ3n) is 3.93. The molecule has 122 valence electrons. The van der Waals surface area contributed by atoms with Crippen molar-refractivity contribution in [2.75, 3.05) is 0 Å². The molecule has 3 nitrogen and oxygen atoms in total. The number of imidazole rings is 1. The van der Waals surface area contributed by atoms with Crippen molar-refractivity contribution >= 4 is 34.0 Å². The van der Waals surface area contributed by atoms with Gasteiger partial charge in [0.25, 0.3) is 0 Å². The molecule has 0 saturated heterocycles. The van der Waals surface area contributed by atoms with Crippen LogP contribution in [0.2, 0.25) is 5.28 Å². The second-order valence-corrected chi connectivity index (χ2v) is 8.73. The highest BCUT2D eigenvalue weighted by molar-refractivity contribution is 7.15. The highest BCUT2D eigenvalue weighted by Gasteiger charge is 2.23. The van der Waals surface area contributed by atoms with E-state index in [-0.39, 0.29) is 11.5 Å². The zero-order valence-electron chi connectivity index (χ0n) is 14.4. The second-order valence-electron chi connectivity index (χ2n) is 7.19. The van der Waals surface area contributed by atoms with Crippen molar-refractivity contribution < 1.29 is 0 Å². The highest BCUT2D eigenvalue weighted by atomic mass is 35.5. The molecule has 23 heavy (non-hydrogen) atoms. The van der Waals surface area contributed by atoms with Crippen molar-refractivity contribution in [3.8, 4) is 10.6 Å². The van der Waals surface area contributed by atoms with Gasteiger partial charge in [0.2, 0.25) is 5.28 Å². The molecule has 0 amide bonds. The predicted molar refractivity (Wildman–Crippen MR) is 99.7 cm³/mol. The number of benzene rings is 1.